The zero-order chi connectivity index (χ0) is 14.8. The lowest BCUT2D eigenvalue weighted by atomic mass is 9.93. The van der Waals surface area contributed by atoms with Crippen LogP contribution in [-0.2, 0) is 4.79 Å². The van der Waals surface area contributed by atoms with Crippen molar-refractivity contribution in [1.29, 1.82) is 0 Å². The summed E-state index contributed by atoms with van der Waals surface area (Å²) in [7, 11) is 0. The first-order valence-electron chi connectivity index (χ1n) is 6.93. The van der Waals surface area contributed by atoms with E-state index in [0.717, 1.165) is 19.4 Å². The third-order valence-electron chi connectivity index (χ3n) is 3.34. The number of pyridine rings is 1. The average molecular weight is 297 g/mol. The Morgan fingerprint density at radius 3 is 2.90 bits per heavy atom. The lowest BCUT2D eigenvalue weighted by Crippen LogP contribution is -2.48. The molecule has 2 rings (SSSR count). The van der Waals surface area contributed by atoms with E-state index in [0.29, 0.717) is 17.3 Å². The minimum Gasteiger partial charge on any atom is -0.487 e. The normalized spacial score (nSPS) is 19.8. The SMILES string of the molecule is CC(C)(C)C(=O)N1CCCC(Oc2ccncc2Cl)C1. The first-order valence-corrected chi connectivity index (χ1v) is 7.31. The van der Waals surface area contributed by atoms with Gasteiger partial charge < -0.3 is 9.64 Å². The lowest BCUT2D eigenvalue weighted by molar-refractivity contribution is -0.142. The molecule has 0 spiro atoms. The van der Waals surface area contributed by atoms with Crippen LogP contribution in [0, 0.1) is 5.41 Å². The molecule has 1 aromatic heterocycles. The summed E-state index contributed by atoms with van der Waals surface area (Å²) in [6.45, 7) is 7.26. The maximum Gasteiger partial charge on any atom is 0.228 e. The number of aromatic nitrogens is 1. The summed E-state index contributed by atoms with van der Waals surface area (Å²) in [6, 6.07) is 1.76. The third kappa shape index (κ3) is 3.63. The van der Waals surface area contributed by atoms with Crippen LogP contribution in [0.4, 0.5) is 0 Å². The van der Waals surface area contributed by atoms with Crippen molar-refractivity contribution in [3.8, 4) is 5.75 Å². The molecular weight excluding hydrogens is 276 g/mol. The Morgan fingerprint density at radius 2 is 2.25 bits per heavy atom. The monoisotopic (exact) mass is 296 g/mol. The quantitative estimate of drug-likeness (QED) is 0.842. The molecule has 1 aliphatic rings. The molecule has 1 fully saturated rings. The second-order valence-electron chi connectivity index (χ2n) is 6.19. The van der Waals surface area contributed by atoms with Gasteiger partial charge in [0.1, 0.15) is 16.9 Å². The number of hydrogen-bond donors (Lipinski definition) is 0. The molecule has 20 heavy (non-hydrogen) atoms. The van der Waals surface area contributed by atoms with Crippen molar-refractivity contribution >= 4 is 17.5 Å². The Labute approximate surface area is 125 Å². The summed E-state index contributed by atoms with van der Waals surface area (Å²) in [6.07, 6.45) is 5.11. The van der Waals surface area contributed by atoms with Gasteiger partial charge >= 0.3 is 0 Å². The maximum atomic E-state index is 12.3. The van der Waals surface area contributed by atoms with E-state index in [1.54, 1.807) is 18.5 Å². The molecule has 110 valence electrons. The zero-order valence-corrected chi connectivity index (χ0v) is 13.0. The number of ether oxygens (including phenoxy) is 1. The van der Waals surface area contributed by atoms with E-state index in [-0.39, 0.29) is 17.4 Å². The minimum atomic E-state index is -0.351. The predicted molar refractivity (Wildman–Crippen MR) is 78.9 cm³/mol. The van der Waals surface area contributed by atoms with Gasteiger partial charge in [-0.3, -0.25) is 9.78 Å². The van der Waals surface area contributed by atoms with Crippen LogP contribution in [0.3, 0.4) is 0 Å². The largest absolute Gasteiger partial charge is 0.487 e. The van der Waals surface area contributed by atoms with E-state index >= 15 is 0 Å². The zero-order valence-electron chi connectivity index (χ0n) is 12.2. The summed E-state index contributed by atoms with van der Waals surface area (Å²) >= 11 is 6.05. The molecule has 0 radical (unpaired) electrons. The number of rotatable bonds is 2. The Hall–Kier alpha value is -1.29. The van der Waals surface area contributed by atoms with Gasteiger partial charge in [-0.25, -0.2) is 0 Å². The van der Waals surface area contributed by atoms with Crippen LogP contribution in [0.25, 0.3) is 0 Å². The fraction of sp³-hybridized carbons (Fsp3) is 0.600. The Balaban J connectivity index is 2.01. The number of halogens is 1. The minimum absolute atomic E-state index is 0.00468. The van der Waals surface area contributed by atoms with Gasteiger partial charge in [-0.1, -0.05) is 32.4 Å². The molecule has 1 saturated heterocycles. The van der Waals surface area contributed by atoms with E-state index in [1.165, 1.54) is 0 Å². The Bertz CT molecular complexity index is 485. The summed E-state index contributed by atoms with van der Waals surface area (Å²) in [5, 5.41) is 0.506. The molecule has 5 heteroatoms. The topological polar surface area (TPSA) is 42.4 Å². The van der Waals surface area contributed by atoms with Crippen molar-refractivity contribution in [3.63, 3.8) is 0 Å². The smallest absolute Gasteiger partial charge is 0.228 e. The fourth-order valence-electron chi connectivity index (χ4n) is 2.33. The number of hydrogen-bond acceptors (Lipinski definition) is 3. The molecule has 1 aromatic rings. The van der Waals surface area contributed by atoms with Crippen LogP contribution < -0.4 is 4.74 Å². The van der Waals surface area contributed by atoms with Crippen molar-refractivity contribution in [3.05, 3.63) is 23.5 Å². The van der Waals surface area contributed by atoms with Gasteiger partial charge in [0.2, 0.25) is 5.91 Å². The van der Waals surface area contributed by atoms with E-state index in [4.69, 9.17) is 16.3 Å². The lowest BCUT2D eigenvalue weighted by Gasteiger charge is -2.36. The van der Waals surface area contributed by atoms with Crippen molar-refractivity contribution < 1.29 is 9.53 Å². The Morgan fingerprint density at radius 1 is 1.50 bits per heavy atom. The van der Waals surface area contributed by atoms with Gasteiger partial charge in [-0.15, -0.1) is 0 Å². The standard InChI is InChI=1S/C15H21ClN2O2/c1-15(2,3)14(19)18-8-4-5-11(10-18)20-13-6-7-17-9-12(13)16/h6-7,9,11H,4-5,8,10H2,1-3H3. The third-order valence-corrected chi connectivity index (χ3v) is 3.62. The van der Waals surface area contributed by atoms with E-state index in [1.807, 2.05) is 25.7 Å². The molecule has 1 atom stereocenters. The van der Waals surface area contributed by atoms with E-state index in [2.05, 4.69) is 4.98 Å². The second-order valence-corrected chi connectivity index (χ2v) is 6.60. The van der Waals surface area contributed by atoms with Crippen LogP contribution in [-0.4, -0.2) is 35.0 Å². The number of carbonyl (C=O) groups excluding carboxylic acids is 1. The molecule has 0 saturated carbocycles. The van der Waals surface area contributed by atoms with Gasteiger partial charge in [0.25, 0.3) is 0 Å². The summed E-state index contributed by atoms with van der Waals surface area (Å²) in [5.74, 6) is 0.809. The molecule has 2 heterocycles. The molecule has 0 aromatic carbocycles. The number of piperidine rings is 1. The van der Waals surface area contributed by atoms with Crippen molar-refractivity contribution in [2.45, 2.75) is 39.7 Å². The molecule has 4 nitrogen and oxygen atoms in total. The van der Waals surface area contributed by atoms with Gasteiger partial charge in [-0.05, 0) is 12.8 Å². The summed E-state index contributed by atoms with van der Waals surface area (Å²) < 4.78 is 5.91. The van der Waals surface area contributed by atoms with Crippen LogP contribution in [0.15, 0.2) is 18.5 Å². The first kappa shape index (κ1) is 15.1. The average Bonchev–Trinajstić information content (AvgIpc) is 2.40. The number of carbonyl (C=O) groups is 1. The molecule has 0 aliphatic carbocycles. The van der Waals surface area contributed by atoms with Crippen LogP contribution in [0.1, 0.15) is 33.6 Å². The summed E-state index contributed by atoms with van der Waals surface area (Å²) in [5.41, 5.74) is -0.351. The van der Waals surface area contributed by atoms with E-state index in [9.17, 15) is 4.79 Å². The maximum absolute atomic E-state index is 12.3. The number of nitrogens with zero attached hydrogens (tertiary/aromatic N) is 2. The van der Waals surface area contributed by atoms with Crippen LogP contribution in [0.5, 0.6) is 5.75 Å². The van der Waals surface area contributed by atoms with Crippen LogP contribution in [0.2, 0.25) is 5.02 Å². The molecule has 1 unspecified atom stereocenters. The highest BCUT2D eigenvalue weighted by Crippen LogP contribution is 2.27. The van der Waals surface area contributed by atoms with Gasteiger partial charge in [0, 0.05) is 30.4 Å². The second kappa shape index (κ2) is 6.00. The van der Waals surface area contributed by atoms with Crippen molar-refractivity contribution in [2.75, 3.05) is 13.1 Å². The van der Waals surface area contributed by atoms with Gasteiger partial charge in [0.15, 0.2) is 0 Å². The highest BCUT2D eigenvalue weighted by molar-refractivity contribution is 6.31. The summed E-state index contributed by atoms with van der Waals surface area (Å²) in [4.78, 5) is 18.1. The highest BCUT2D eigenvalue weighted by Gasteiger charge is 2.31. The molecule has 0 N–H and O–H groups in total. The van der Waals surface area contributed by atoms with Crippen LogP contribution >= 0.6 is 11.6 Å². The van der Waals surface area contributed by atoms with Gasteiger partial charge in [0.05, 0.1) is 6.54 Å². The molecule has 0 bridgehead atoms. The predicted octanol–water partition coefficient (Wildman–Crippen LogP) is 3.15. The molecule has 1 amide bonds. The van der Waals surface area contributed by atoms with Gasteiger partial charge in [-0.2, -0.15) is 0 Å². The highest BCUT2D eigenvalue weighted by atomic mass is 35.5. The van der Waals surface area contributed by atoms with Crippen molar-refractivity contribution in [1.82, 2.24) is 9.88 Å². The molecule has 1 aliphatic heterocycles. The number of likely N-dealkylation sites (tertiary alicyclic amines) is 1. The van der Waals surface area contributed by atoms with E-state index < -0.39 is 0 Å². The fourth-order valence-corrected chi connectivity index (χ4v) is 2.49. The number of amides is 1. The Kier molecular flexibility index (Phi) is 4.53. The van der Waals surface area contributed by atoms with Crippen molar-refractivity contribution in [2.24, 2.45) is 5.41 Å². The first-order chi connectivity index (χ1) is 9.38. The molecular formula is C15H21ClN2O2.